The molecule has 28 heavy (non-hydrogen) atoms. The Labute approximate surface area is 159 Å². The summed E-state index contributed by atoms with van der Waals surface area (Å²) in [4.78, 5) is 36.0. The fraction of sp³-hybridized carbons (Fsp3) is 0.211. The summed E-state index contributed by atoms with van der Waals surface area (Å²) in [7, 11) is 0. The first-order chi connectivity index (χ1) is 13.4. The molecule has 2 aromatic carbocycles. The number of hydrogen-bond donors (Lipinski definition) is 1. The van der Waals surface area contributed by atoms with Crippen molar-refractivity contribution in [3.05, 3.63) is 69.3 Å². The van der Waals surface area contributed by atoms with E-state index in [-0.39, 0.29) is 30.7 Å². The molecule has 0 radical (unpaired) electrons. The van der Waals surface area contributed by atoms with Gasteiger partial charge >= 0.3 is 0 Å². The number of hydrogen-bond acceptors (Lipinski definition) is 7. The highest BCUT2D eigenvalue weighted by atomic mass is 16.6. The molecule has 3 rings (SSSR count). The molecule has 1 N–H and O–H groups in total. The number of fused-ring (bicyclic) bond motifs is 1. The molecule has 0 fully saturated rings. The zero-order valence-electron chi connectivity index (χ0n) is 14.6. The van der Waals surface area contributed by atoms with Crippen LogP contribution in [-0.4, -0.2) is 46.0 Å². The highest BCUT2D eigenvalue weighted by molar-refractivity contribution is 6.23. The van der Waals surface area contributed by atoms with E-state index in [1.165, 1.54) is 12.1 Å². The molecule has 2 amide bonds. The number of carbonyl (C=O) groups excluding carboxylic acids is 2. The van der Waals surface area contributed by atoms with Crippen LogP contribution in [0.15, 0.2) is 42.5 Å². The Morgan fingerprint density at radius 3 is 2.54 bits per heavy atom. The molecule has 2 aromatic rings. The lowest BCUT2D eigenvalue weighted by molar-refractivity contribution is -0.385. The molecule has 1 aliphatic rings. The van der Waals surface area contributed by atoms with Crippen LogP contribution in [0.3, 0.4) is 0 Å². The number of nitro benzene ring substituents is 1. The normalized spacial score (nSPS) is 13.8. The summed E-state index contributed by atoms with van der Waals surface area (Å²) in [5, 5.41) is 29.9. The third kappa shape index (κ3) is 3.67. The van der Waals surface area contributed by atoms with E-state index in [0.717, 1.165) is 16.5 Å². The summed E-state index contributed by atoms with van der Waals surface area (Å²) in [6.45, 7) is -0.539. The maximum absolute atomic E-state index is 12.5. The van der Waals surface area contributed by atoms with Gasteiger partial charge in [-0.25, -0.2) is 0 Å². The summed E-state index contributed by atoms with van der Waals surface area (Å²) in [6.07, 6.45) is -0.908. The van der Waals surface area contributed by atoms with E-state index in [1.807, 2.05) is 6.07 Å². The van der Waals surface area contributed by atoms with Gasteiger partial charge in [-0.1, -0.05) is 18.2 Å². The number of ether oxygens (including phenoxy) is 1. The minimum atomic E-state index is -1.18. The van der Waals surface area contributed by atoms with Crippen LogP contribution < -0.4 is 4.74 Å². The van der Waals surface area contributed by atoms with Crippen molar-refractivity contribution in [3.63, 3.8) is 0 Å². The van der Waals surface area contributed by atoms with Crippen LogP contribution in [0.4, 0.5) is 5.69 Å². The molecule has 1 atom stereocenters. The highest BCUT2D eigenvalue weighted by Gasteiger charge is 2.41. The molecule has 0 unspecified atom stereocenters. The molecule has 1 aliphatic heterocycles. The molecular weight excluding hydrogens is 366 g/mol. The van der Waals surface area contributed by atoms with E-state index < -0.39 is 28.5 Å². The van der Waals surface area contributed by atoms with E-state index >= 15 is 0 Å². The molecule has 1 heterocycles. The summed E-state index contributed by atoms with van der Waals surface area (Å²) in [5.41, 5.74) is 0.0589. The average molecular weight is 381 g/mol. The van der Waals surface area contributed by atoms with Gasteiger partial charge in [-0.3, -0.25) is 24.6 Å². The Morgan fingerprint density at radius 2 is 1.89 bits per heavy atom. The van der Waals surface area contributed by atoms with Gasteiger partial charge in [-0.05, 0) is 23.8 Å². The first-order valence-electron chi connectivity index (χ1n) is 8.32. The van der Waals surface area contributed by atoms with Crippen LogP contribution in [0.2, 0.25) is 0 Å². The zero-order chi connectivity index (χ0) is 20.3. The number of imide groups is 1. The number of nitro groups is 1. The van der Waals surface area contributed by atoms with Crippen LogP contribution in [0, 0.1) is 21.4 Å². The van der Waals surface area contributed by atoms with Gasteiger partial charge in [0.05, 0.1) is 29.5 Å². The molecule has 0 spiro atoms. The van der Waals surface area contributed by atoms with Gasteiger partial charge in [0, 0.05) is 6.07 Å². The van der Waals surface area contributed by atoms with Gasteiger partial charge in [0.15, 0.2) is 0 Å². The Kier molecular flexibility index (Phi) is 5.33. The van der Waals surface area contributed by atoms with Crippen molar-refractivity contribution in [1.82, 2.24) is 4.90 Å². The van der Waals surface area contributed by atoms with Gasteiger partial charge in [-0.2, -0.15) is 5.26 Å². The fourth-order valence-electron chi connectivity index (χ4n) is 2.88. The number of nitrogens with zero attached hydrogens (tertiary/aromatic N) is 3. The van der Waals surface area contributed by atoms with Crippen LogP contribution >= 0.6 is 0 Å². The number of β-amino-alcohol motifs (C(OH)–C–C–N with tert-alkyl or cyclic N) is 1. The predicted molar refractivity (Wildman–Crippen MR) is 95.7 cm³/mol. The molecule has 9 nitrogen and oxygen atoms in total. The molecule has 0 aromatic heterocycles. The maximum atomic E-state index is 12.5. The Hall–Kier alpha value is -3.77. The largest absolute Gasteiger partial charge is 0.491 e. The smallest absolute Gasteiger partial charge is 0.282 e. The lowest BCUT2D eigenvalue weighted by atomic mass is 10.1. The van der Waals surface area contributed by atoms with Crippen LogP contribution in [0.25, 0.3) is 0 Å². The second kappa shape index (κ2) is 7.85. The van der Waals surface area contributed by atoms with Crippen LogP contribution in [0.5, 0.6) is 5.75 Å². The zero-order valence-corrected chi connectivity index (χ0v) is 14.6. The van der Waals surface area contributed by atoms with Crippen molar-refractivity contribution in [2.75, 3.05) is 13.2 Å². The maximum Gasteiger partial charge on any atom is 0.282 e. The van der Waals surface area contributed by atoms with Crippen molar-refractivity contribution in [3.8, 4) is 11.8 Å². The Balaban J connectivity index is 1.64. The van der Waals surface area contributed by atoms with Crippen molar-refractivity contribution in [2.45, 2.75) is 12.5 Å². The molecule has 0 bridgehead atoms. The first-order valence-corrected chi connectivity index (χ1v) is 8.32. The van der Waals surface area contributed by atoms with Gasteiger partial charge in [0.1, 0.15) is 24.0 Å². The number of benzene rings is 2. The van der Waals surface area contributed by atoms with E-state index in [9.17, 15) is 24.8 Å². The molecule has 9 heteroatoms. The molecular formula is C19H15N3O6. The minimum Gasteiger partial charge on any atom is -0.491 e. The molecule has 0 aliphatic carbocycles. The molecule has 0 saturated heterocycles. The lowest BCUT2D eigenvalue weighted by Crippen LogP contribution is -2.39. The summed E-state index contributed by atoms with van der Waals surface area (Å²) >= 11 is 0. The summed E-state index contributed by atoms with van der Waals surface area (Å²) in [5.74, 6) is -1.05. The average Bonchev–Trinajstić information content (AvgIpc) is 2.92. The monoisotopic (exact) mass is 381 g/mol. The fourth-order valence-corrected chi connectivity index (χ4v) is 2.88. The van der Waals surface area contributed by atoms with E-state index in [2.05, 4.69) is 0 Å². The second-order valence-electron chi connectivity index (χ2n) is 6.12. The Bertz CT molecular complexity index is 980. The van der Waals surface area contributed by atoms with Gasteiger partial charge in [-0.15, -0.1) is 0 Å². The van der Waals surface area contributed by atoms with Crippen molar-refractivity contribution < 1.29 is 24.4 Å². The van der Waals surface area contributed by atoms with Crippen molar-refractivity contribution in [2.24, 2.45) is 0 Å². The second-order valence-corrected chi connectivity index (χ2v) is 6.12. The third-order valence-electron chi connectivity index (χ3n) is 4.22. The number of carbonyl (C=O) groups is 2. The molecule has 142 valence electrons. The summed E-state index contributed by atoms with van der Waals surface area (Å²) in [6, 6.07) is 12.6. The number of amides is 2. The predicted octanol–water partition coefficient (Wildman–Crippen LogP) is 1.70. The first kappa shape index (κ1) is 19.0. The highest BCUT2D eigenvalue weighted by Crippen LogP contribution is 2.30. The Morgan fingerprint density at radius 1 is 1.18 bits per heavy atom. The van der Waals surface area contributed by atoms with Gasteiger partial charge in [0.2, 0.25) is 0 Å². The number of nitriles is 1. The van der Waals surface area contributed by atoms with Crippen molar-refractivity contribution in [1.29, 1.82) is 5.26 Å². The summed E-state index contributed by atoms with van der Waals surface area (Å²) < 4.78 is 5.43. The van der Waals surface area contributed by atoms with Crippen molar-refractivity contribution >= 4 is 17.5 Å². The van der Waals surface area contributed by atoms with Crippen LogP contribution in [0.1, 0.15) is 26.3 Å². The lowest BCUT2D eigenvalue weighted by Gasteiger charge is -2.18. The van der Waals surface area contributed by atoms with Crippen LogP contribution in [-0.2, 0) is 6.42 Å². The van der Waals surface area contributed by atoms with Gasteiger partial charge in [0.25, 0.3) is 17.5 Å². The third-order valence-corrected chi connectivity index (χ3v) is 4.22. The quantitative estimate of drug-likeness (QED) is 0.438. The number of aliphatic hydroxyl groups excluding tert-OH is 1. The van der Waals surface area contributed by atoms with Gasteiger partial charge < -0.3 is 9.84 Å². The van der Waals surface area contributed by atoms with E-state index in [0.29, 0.717) is 5.75 Å². The minimum absolute atomic E-state index is 0.0552. The number of rotatable bonds is 7. The number of aliphatic hydroxyl groups is 1. The SMILES string of the molecule is N#CCc1ccc(OC[C@@H](O)CN2C(=O)c3cccc([N+](=O)[O-])c3C2=O)cc1. The van der Waals surface area contributed by atoms with E-state index in [4.69, 9.17) is 10.00 Å². The molecule has 0 saturated carbocycles. The topological polar surface area (TPSA) is 134 Å². The standard InChI is InChI=1S/C19H15N3O6/c20-9-8-12-4-6-14(7-5-12)28-11-13(23)10-21-18(24)15-2-1-3-16(22(26)27)17(15)19(21)25/h1-7,13,23H,8,10-11H2/t13-/m0/s1. The van der Waals surface area contributed by atoms with E-state index in [1.54, 1.807) is 24.3 Å².